The minimum Gasteiger partial charge on any atom is -0.362 e. The van der Waals surface area contributed by atoms with Gasteiger partial charge in [-0.1, -0.05) is 18.2 Å². The lowest BCUT2D eigenvalue weighted by atomic mass is 10.1. The van der Waals surface area contributed by atoms with Crippen LogP contribution in [0.5, 0.6) is 0 Å². The molecule has 0 spiro atoms. The first kappa shape index (κ1) is 17.7. The minimum absolute atomic E-state index is 0.0962. The lowest BCUT2D eigenvalue weighted by Gasteiger charge is -2.12. The summed E-state index contributed by atoms with van der Waals surface area (Å²) in [5.41, 5.74) is 0.480. The minimum atomic E-state index is -3.77. The number of carbonyl (C=O) groups excluding carboxylic acids is 1. The molecule has 1 unspecified atom stereocenters. The highest BCUT2D eigenvalue weighted by molar-refractivity contribution is 7.90. The van der Waals surface area contributed by atoms with Gasteiger partial charge in [0.2, 0.25) is 5.91 Å². The summed E-state index contributed by atoms with van der Waals surface area (Å²) < 4.78 is 29.0. The number of allylic oxidation sites excluding steroid dienone is 2. The molecular formula is C18H23N3O3S. The van der Waals surface area contributed by atoms with E-state index < -0.39 is 10.0 Å². The predicted octanol–water partition coefficient (Wildman–Crippen LogP) is 2.79. The number of amidine groups is 1. The van der Waals surface area contributed by atoms with Gasteiger partial charge in [-0.3, -0.25) is 4.79 Å². The Hall–Kier alpha value is -2.15. The average Bonchev–Trinajstić information content (AvgIpc) is 3.20. The number of benzene rings is 1. The molecule has 1 heterocycles. The molecule has 2 aliphatic rings. The van der Waals surface area contributed by atoms with Crippen molar-refractivity contribution in [3.63, 3.8) is 0 Å². The number of anilines is 1. The molecule has 0 radical (unpaired) electrons. The van der Waals surface area contributed by atoms with E-state index >= 15 is 0 Å². The van der Waals surface area contributed by atoms with Gasteiger partial charge in [-0.2, -0.15) is 8.42 Å². The third-order valence-electron chi connectivity index (χ3n) is 4.54. The van der Waals surface area contributed by atoms with Crippen molar-refractivity contribution in [2.45, 2.75) is 37.0 Å². The fourth-order valence-electron chi connectivity index (χ4n) is 3.15. The van der Waals surface area contributed by atoms with Crippen LogP contribution in [0.4, 0.5) is 5.69 Å². The number of hydrogen-bond acceptors (Lipinski definition) is 3. The van der Waals surface area contributed by atoms with E-state index in [1.807, 2.05) is 11.9 Å². The van der Waals surface area contributed by atoms with Crippen LogP contribution in [0.15, 0.2) is 45.7 Å². The maximum atomic E-state index is 12.5. The second-order valence-electron chi connectivity index (χ2n) is 6.55. The van der Waals surface area contributed by atoms with E-state index in [1.165, 1.54) is 12.1 Å². The van der Waals surface area contributed by atoms with Crippen LogP contribution in [-0.2, 0) is 14.8 Å². The zero-order valence-corrected chi connectivity index (χ0v) is 15.1. The number of amides is 1. The molecule has 1 atom stereocenters. The Morgan fingerprint density at radius 2 is 2.24 bits per heavy atom. The van der Waals surface area contributed by atoms with E-state index in [0.29, 0.717) is 24.4 Å². The van der Waals surface area contributed by atoms with Gasteiger partial charge >= 0.3 is 0 Å². The van der Waals surface area contributed by atoms with Gasteiger partial charge in [0, 0.05) is 32.1 Å². The maximum Gasteiger partial charge on any atom is 0.284 e. The summed E-state index contributed by atoms with van der Waals surface area (Å²) in [6.45, 7) is 0.820. The van der Waals surface area contributed by atoms with Crippen LogP contribution in [0.25, 0.3) is 0 Å². The van der Waals surface area contributed by atoms with Gasteiger partial charge in [-0.05, 0) is 43.4 Å². The molecule has 0 saturated carbocycles. The summed E-state index contributed by atoms with van der Waals surface area (Å²) in [5.74, 6) is 0.756. The van der Waals surface area contributed by atoms with E-state index in [9.17, 15) is 13.2 Å². The topological polar surface area (TPSA) is 78.8 Å². The van der Waals surface area contributed by atoms with Gasteiger partial charge in [0.1, 0.15) is 5.84 Å². The molecule has 3 rings (SSSR count). The Morgan fingerprint density at radius 3 is 2.92 bits per heavy atom. The summed E-state index contributed by atoms with van der Waals surface area (Å²) in [4.78, 5) is 14.1. The van der Waals surface area contributed by atoms with Crippen LogP contribution in [0.1, 0.15) is 32.1 Å². The van der Waals surface area contributed by atoms with Crippen LogP contribution >= 0.6 is 0 Å². The van der Waals surface area contributed by atoms with E-state index in [1.54, 1.807) is 12.1 Å². The Kier molecular flexibility index (Phi) is 5.22. The van der Waals surface area contributed by atoms with Gasteiger partial charge in [-0.15, -0.1) is 4.40 Å². The number of carbonyl (C=O) groups is 1. The summed E-state index contributed by atoms with van der Waals surface area (Å²) in [5, 5.41) is 2.79. The van der Waals surface area contributed by atoms with E-state index in [4.69, 9.17) is 0 Å². The number of hydrogen-bond donors (Lipinski definition) is 1. The van der Waals surface area contributed by atoms with Crippen LogP contribution in [0, 0.1) is 5.92 Å². The van der Waals surface area contributed by atoms with Crippen molar-refractivity contribution in [2.75, 3.05) is 18.9 Å². The predicted molar refractivity (Wildman–Crippen MR) is 98.0 cm³/mol. The van der Waals surface area contributed by atoms with Crippen molar-refractivity contribution in [3.05, 3.63) is 36.4 Å². The normalized spacial score (nSPS) is 21.9. The van der Waals surface area contributed by atoms with Gasteiger partial charge < -0.3 is 10.2 Å². The highest BCUT2D eigenvalue weighted by Crippen LogP contribution is 2.23. The molecule has 0 aromatic heterocycles. The standard InChI is InChI=1S/C18H23N3O3S/c1-21-11-5-10-17(21)20-25(23,24)16-9-4-8-15(13-16)19-18(22)12-14-6-2-3-7-14/h2,4,6,8-9,13-14H,3,5,7,10-12H2,1H3,(H,19,22)/b20-17-. The van der Waals surface area contributed by atoms with Crippen LogP contribution in [0.2, 0.25) is 0 Å². The molecule has 1 aliphatic heterocycles. The van der Waals surface area contributed by atoms with Crippen LogP contribution < -0.4 is 5.32 Å². The van der Waals surface area contributed by atoms with Crippen molar-refractivity contribution in [1.82, 2.24) is 4.90 Å². The summed E-state index contributed by atoms with van der Waals surface area (Å²) in [7, 11) is -1.93. The number of nitrogens with one attached hydrogen (secondary N) is 1. The molecular weight excluding hydrogens is 338 g/mol. The number of nitrogens with zero attached hydrogens (tertiary/aromatic N) is 2. The van der Waals surface area contributed by atoms with Crippen LogP contribution in [-0.4, -0.2) is 38.7 Å². The first-order valence-electron chi connectivity index (χ1n) is 8.55. The molecule has 1 aliphatic carbocycles. The van der Waals surface area contributed by atoms with Crippen molar-refractivity contribution >= 4 is 27.5 Å². The number of likely N-dealkylation sites (tertiary alicyclic amines) is 1. The van der Waals surface area contributed by atoms with Crippen molar-refractivity contribution in [3.8, 4) is 0 Å². The van der Waals surface area contributed by atoms with E-state index in [2.05, 4.69) is 21.9 Å². The summed E-state index contributed by atoms with van der Waals surface area (Å²) >= 11 is 0. The van der Waals surface area contributed by atoms with Crippen molar-refractivity contribution in [2.24, 2.45) is 10.3 Å². The van der Waals surface area contributed by atoms with Gasteiger partial charge in [0.15, 0.2) is 0 Å². The fourth-order valence-corrected chi connectivity index (χ4v) is 4.29. The number of rotatable bonds is 5. The molecule has 1 aromatic carbocycles. The number of sulfonamides is 1. The Balaban J connectivity index is 1.72. The Labute approximate surface area is 148 Å². The third-order valence-corrected chi connectivity index (χ3v) is 5.84. The third kappa shape index (κ3) is 4.48. The highest BCUT2D eigenvalue weighted by Gasteiger charge is 2.21. The van der Waals surface area contributed by atoms with E-state index in [-0.39, 0.29) is 16.7 Å². The van der Waals surface area contributed by atoms with Crippen molar-refractivity contribution in [1.29, 1.82) is 0 Å². The summed E-state index contributed by atoms with van der Waals surface area (Å²) in [6.07, 6.45) is 8.16. The molecule has 6 nitrogen and oxygen atoms in total. The van der Waals surface area contributed by atoms with Gasteiger partial charge in [0.05, 0.1) is 4.90 Å². The monoisotopic (exact) mass is 361 g/mol. The molecule has 1 aromatic rings. The Morgan fingerprint density at radius 1 is 1.40 bits per heavy atom. The molecule has 25 heavy (non-hydrogen) atoms. The zero-order chi connectivity index (χ0) is 17.9. The zero-order valence-electron chi connectivity index (χ0n) is 14.3. The lowest BCUT2D eigenvalue weighted by Crippen LogP contribution is -2.20. The second kappa shape index (κ2) is 7.39. The molecule has 0 bridgehead atoms. The first-order chi connectivity index (χ1) is 11.9. The fraction of sp³-hybridized carbons (Fsp3) is 0.444. The van der Waals surface area contributed by atoms with E-state index in [0.717, 1.165) is 25.8 Å². The van der Waals surface area contributed by atoms with Gasteiger partial charge in [-0.25, -0.2) is 0 Å². The summed E-state index contributed by atoms with van der Waals surface area (Å²) in [6, 6.07) is 6.28. The Bertz CT molecular complexity index is 815. The quantitative estimate of drug-likeness (QED) is 0.818. The van der Waals surface area contributed by atoms with Crippen molar-refractivity contribution < 1.29 is 13.2 Å². The SMILES string of the molecule is CN1CCC/C1=N/S(=O)(=O)c1cccc(NC(=O)CC2C=CCC2)c1. The molecule has 1 amide bonds. The molecule has 7 heteroatoms. The maximum absolute atomic E-state index is 12.5. The first-order valence-corrected chi connectivity index (χ1v) is 9.99. The average molecular weight is 361 g/mol. The van der Waals surface area contributed by atoms with Gasteiger partial charge in [0.25, 0.3) is 10.0 Å². The highest BCUT2D eigenvalue weighted by atomic mass is 32.2. The van der Waals surface area contributed by atoms with Crippen LogP contribution in [0.3, 0.4) is 0 Å². The molecule has 1 fully saturated rings. The largest absolute Gasteiger partial charge is 0.362 e. The molecule has 1 N–H and O–H groups in total. The molecule has 1 saturated heterocycles. The smallest absolute Gasteiger partial charge is 0.284 e. The second-order valence-corrected chi connectivity index (χ2v) is 8.16. The lowest BCUT2D eigenvalue weighted by molar-refractivity contribution is -0.116. The molecule has 134 valence electrons.